The lowest BCUT2D eigenvalue weighted by Gasteiger charge is -2.36. The zero-order valence-corrected chi connectivity index (χ0v) is 12.5. The van der Waals surface area contributed by atoms with Crippen LogP contribution in [0.1, 0.15) is 23.9 Å². The molecule has 1 aromatic rings. The van der Waals surface area contributed by atoms with E-state index in [1.165, 1.54) is 11.3 Å². The van der Waals surface area contributed by atoms with Gasteiger partial charge >= 0.3 is 0 Å². The number of nitrogens with one attached hydrogen (secondary N) is 1. The first-order valence-corrected chi connectivity index (χ1v) is 7.36. The summed E-state index contributed by atoms with van der Waals surface area (Å²) >= 11 is 1.80. The van der Waals surface area contributed by atoms with Gasteiger partial charge in [0.1, 0.15) is 0 Å². The van der Waals surface area contributed by atoms with Gasteiger partial charge in [-0.1, -0.05) is 6.92 Å². The molecule has 1 aromatic heterocycles. The van der Waals surface area contributed by atoms with E-state index in [2.05, 4.69) is 24.1 Å². The van der Waals surface area contributed by atoms with Gasteiger partial charge in [-0.2, -0.15) is 0 Å². The summed E-state index contributed by atoms with van der Waals surface area (Å²) in [5.41, 5.74) is 1.15. The topological polar surface area (TPSA) is 37.4 Å². The van der Waals surface area contributed by atoms with Crippen LogP contribution in [0.25, 0.3) is 0 Å². The van der Waals surface area contributed by atoms with Gasteiger partial charge in [0.15, 0.2) is 5.13 Å². The molecule has 0 saturated carbocycles. The van der Waals surface area contributed by atoms with Gasteiger partial charge in [0.05, 0.1) is 11.8 Å². The molecule has 5 heteroatoms. The molecule has 0 spiro atoms. The number of nitrogens with zero attached hydrogens (tertiary/aromatic N) is 2. The smallest absolute Gasteiger partial charge is 0.185 e. The van der Waals surface area contributed by atoms with Crippen molar-refractivity contribution in [2.24, 2.45) is 5.92 Å². The molecule has 0 radical (unpaired) electrons. The average molecular weight is 269 g/mol. The van der Waals surface area contributed by atoms with E-state index in [0.717, 1.165) is 30.5 Å². The SMILES string of the molecule is CNCc1sc(N2CCC(C)C(OC)C2)nc1C. The van der Waals surface area contributed by atoms with Crippen molar-refractivity contribution in [1.29, 1.82) is 0 Å². The van der Waals surface area contributed by atoms with Crippen LogP contribution >= 0.6 is 11.3 Å². The van der Waals surface area contributed by atoms with Gasteiger partial charge in [0.2, 0.25) is 0 Å². The van der Waals surface area contributed by atoms with Gasteiger partial charge in [-0.3, -0.25) is 0 Å². The number of rotatable bonds is 4. The number of ether oxygens (including phenoxy) is 1. The second-order valence-electron chi connectivity index (χ2n) is 5.02. The molecular weight excluding hydrogens is 246 g/mol. The average Bonchev–Trinajstić information content (AvgIpc) is 2.72. The number of anilines is 1. The summed E-state index contributed by atoms with van der Waals surface area (Å²) in [4.78, 5) is 8.40. The van der Waals surface area contributed by atoms with Gasteiger partial charge in [-0.25, -0.2) is 4.98 Å². The highest BCUT2D eigenvalue weighted by molar-refractivity contribution is 7.15. The molecule has 1 saturated heterocycles. The molecule has 1 fully saturated rings. The second-order valence-corrected chi connectivity index (χ2v) is 6.08. The van der Waals surface area contributed by atoms with Gasteiger partial charge in [0.25, 0.3) is 0 Å². The first kappa shape index (κ1) is 13.8. The summed E-state index contributed by atoms with van der Waals surface area (Å²) in [5.74, 6) is 0.643. The molecule has 0 aromatic carbocycles. The molecule has 1 aliphatic rings. The fraction of sp³-hybridized carbons (Fsp3) is 0.769. The zero-order chi connectivity index (χ0) is 13.1. The Balaban J connectivity index is 2.09. The molecule has 102 valence electrons. The van der Waals surface area contributed by atoms with Crippen LogP contribution < -0.4 is 10.2 Å². The third-order valence-corrected chi connectivity index (χ3v) is 4.90. The summed E-state index contributed by atoms with van der Waals surface area (Å²) in [6.45, 7) is 7.32. The van der Waals surface area contributed by atoms with Crippen LogP contribution in [-0.2, 0) is 11.3 Å². The van der Waals surface area contributed by atoms with Crippen molar-refractivity contribution in [1.82, 2.24) is 10.3 Å². The van der Waals surface area contributed by atoms with Crippen LogP contribution in [0.4, 0.5) is 5.13 Å². The summed E-state index contributed by atoms with van der Waals surface area (Å²) < 4.78 is 5.56. The van der Waals surface area contributed by atoms with Crippen LogP contribution in [0.2, 0.25) is 0 Å². The molecule has 1 aliphatic heterocycles. The molecule has 2 rings (SSSR count). The number of piperidine rings is 1. The van der Waals surface area contributed by atoms with E-state index in [-0.39, 0.29) is 0 Å². The summed E-state index contributed by atoms with van der Waals surface area (Å²) in [7, 11) is 3.78. The van der Waals surface area contributed by atoms with Crippen LogP contribution in [0, 0.1) is 12.8 Å². The predicted octanol–water partition coefficient (Wildman–Crippen LogP) is 2.03. The van der Waals surface area contributed by atoms with E-state index in [0.29, 0.717) is 12.0 Å². The maximum Gasteiger partial charge on any atom is 0.185 e. The summed E-state index contributed by atoms with van der Waals surface area (Å²) in [6.07, 6.45) is 1.51. The molecule has 1 N–H and O–H groups in total. The standard InChI is InChI=1S/C13H23N3OS/c1-9-5-6-16(8-11(9)17-4)13-15-10(2)12(18-13)7-14-3/h9,11,14H,5-8H2,1-4H3. The summed E-state index contributed by atoms with van der Waals surface area (Å²) in [6, 6.07) is 0. The van der Waals surface area contributed by atoms with E-state index in [4.69, 9.17) is 9.72 Å². The third kappa shape index (κ3) is 2.84. The molecule has 2 unspecified atom stereocenters. The third-order valence-electron chi connectivity index (χ3n) is 3.68. The summed E-state index contributed by atoms with van der Waals surface area (Å²) in [5, 5.41) is 4.34. The van der Waals surface area contributed by atoms with Crippen molar-refractivity contribution in [2.75, 3.05) is 32.1 Å². The number of aryl methyl sites for hydroxylation is 1. The lowest BCUT2D eigenvalue weighted by atomic mass is 9.96. The number of thiazole rings is 1. The molecule has 0 amide bonds. The second kappa shape index (κ2) is 5.99. The van der Waals surface area contributed by atoms with E-state index in [1.54, 1.807) is 11.3 Å². The number of aromatic nitrogens is 1. The van der Waals surface area contributed by atoms with Gasteiger partial charge in [-0.05, 0) is 26.3 Å². The Hall–Kier alpha value is -0.650. The molecule has 18 heavy (non-hydrogen) atoms. The lowest BCUT2D eigenvalue weighted by molar-refractivity contribution is 0.0498. The zero-order valence-electron chi connectivity index (χ0n) is 11.7. The van der Waals surface area contributed by atoms with Gasteiger partial charge < -0.3 is 15.0 Å². The molecular formula is C13H23N3OS. The highest BCUT2D eigenvalue weighted by atomic mass is 32.1. The van der Waals surface area contributed by atoms with Crippen molar-refractivity contribution >= 4 is 16.5 Å². The Kier molecular flexibility index (Phi) is 4.59. The van der Waals surface area contributed by atoms with Crippen LogP contribution in [0.5, 0.6) is 0 Å². The van der Waals surface area contributed by atoms with E-state index in [9.17, 15) is 0 Å². The number of hydrogen-bond acceptors (Lipinski definition) is 5. The number of methoxy groups -OCH3 is 1. The quantitative estimate of drug-likeness (QED) is 0.907. The van der Waals surface area contributed by atoms with Crippen molar-refractivity contribution in [3.05, 3.63) is 10.6 Å². The van der Waals surface area contributed by atoms with Gasteiger partial charge in [0, 0.05) is 31.6 Å². The Morgan fingerprint density at radius 2 is 2.33 bits per heavy atom. The fourth-order valence-corrected chi connectivity index (χ4v) is 3.49. The van der Waals surface area contributed by atoms with Crippen molar-refractivity contribution in [3.8, 4) is 0 Å². The predicted molar refractivity (Wildman–Crippen MR) is 76.4 cm³/mol. The Morgan fingerprint density at radius 1 is 1.56 bits per heavy atom. The lowest BCUT2D eigenvalue weighted by Crippen LogP contribution is -2.43. The maximum atomic E-state index is 5.56. The first-order valence-electron chi connectivity index (χ1n) is 6.54. The van der Waals surface area contributed by atoms with Gasteiger partial charge in [-0.15, -0.1) is 11.3 Å². The fourth-order valence-electron chi connectivity index (χ4n) is 2.39. The highest BCUT2D eigenvalue weighted by Gasteiger charge is 2.27. The number of hydrogen-bond donors (Lipinski definition) is 1. The molecule has 0 bridgehead atoms. The molecule has 2 heterocycles. The Morgan fingerprint density at radius 3 is 3.00 bits per heavy atom. The Labute approximate surface area is 113 Å². The minimum atomic E-state index is 0.329. The molecule has 2 atom stereocenters. The minimum absolute atomic E-state index is 0.329. The minimum Gasteiger partial charge on any atom is -0.379 e. The monoisotopic (exact) mass is 269 g/mol. The Bertz CT molecular complexity index is 394. The van der Waals surface area contributed by atoms with Crippen molar-refractivity contribution in [3.63, 3.8) is 0 Å². The van der Waals surface area contributed by atoms with E-state index < -0.39 is 0 Å². The molecule has 4 nitrogen and oxygen atoms in total. The van der Waals surface area contributed by atoms with Crippen molar-refractivity contribution < 1.29 is 4.74 Å². The van der Waals surface area contributed by atoms with Crippen LogP contribution in [0.15, 0.2) is 0 Å². The van der Waals surface area contributed by atoms with E-state index >= 15 is 0 Å². The van der Waals surface area contributed by atoms with Crippen LogP contribution in [-0.4, -0.2) is 38.3 Å². The normalized spacial score (nSPS) is 24.6. The largest absolute Gasteiger partial charge is 0.379 e. The van der Waals surface area contributed by atoms with E-state index in [1.807, 2.05) is 14.2 Å². The molecule has 0 aliphatic carbocycles. The maximum absolute atomic E-state index is 5.56. The van der Waals surface area contributed by atoms with Crippen molar-refractivity contribution in [2.45, 2.75) is 32.9 Å². The highest BCUT2D eigenvalue weighted by Crippen LogP contribution is 2.30. The van der Waals surface area contributed by atoms with Crippen LogP contribution in [0.3, 0.4) is 0 Å². The first-order chi connectivity index (χ1) is 8.65.